The van der Waals surface area contributed by atoms with E-state index in [4.69, 9.17) is 4.74 Å². The second kappa shape index (κ2) is 2.44. The molecule has 0 radical (unpaired) electrons. The lowest BCUT2D eigenvalue weighted by atomic mass is 10.5. The van der Waals surface area contributed by atoms with E-state index in [2.05, 4.69) is 9.88 Å². The molecule has 0 bridgehead atoms. The van der Waals surface area contributed by atoms with E-state index < -0.39 is 0 Å². The molecule has 1 aliphatic heterocycles. The molecule has 3 nitrogen and oxygen atoms in total. The van der Waals surface area contributed by atoms with Crippen molar-refractivity contribution in [1.29, 1.82) is 0 Å². The molecule has 1 aromatic heterocycles. The fourth-order valence-corrected chi connectivity index (χ4v) is 1.13. The van der Waals surface area contributed by atoms with Crippen LogP contribution in [-0.2, 0) is 4.74 Å². The van der Waals surface area contributed by atoms with Crippen LogP contribution in [-0.4, -0.2) is 17.8 Å². The van der Waals surface area contributed by atoms with Gasteiger partial charge in [0.05, 0.1) is 6.73 Å². The van der Waals surface area contributed by atoms with Crippen molar-refractivity contribution < 1.29 is 4.74 Å². The van der Waals surface area contributed by atoms with Crippen LogP contribution in [0.1, 0.15) is 6.23 Å². The van der Waals surface area contributed by atoms with Gasteiger partial charge in [-0.2, -0.15) is 0 Å². The summed E-state index contributed by atoms with van der Waals surface area (Å²) in [5.41, 5.74) is 0. The lowest BCUT2D eigenvalue weighted by Crippen LogP contribution is -2.11. The van der Waals surface area contributed by atoms with Crippen LogP contribution in [0.2, 0.25) is 0 Å². The van der Waals surface area contributed by atoms with Gasteiger partial charge < -0.3 is 9.30 Å². The first kappa shape index (κ1) is 5.95. The van der Waals surface area contributed by atoms with Crippen LogP contribution in [0.4, 0.5) is 0 Å². The fourth-order valence-electron chi connectivity index (χ4n) is 1.13. The molecule has 1 fully saturated rings. The Morgan fingerprint density at radius 1 is 1.40 bits per heavy atom. The van der Waals surface area contributed by atoms with Crippen LogP contribution in [0.25, 0.3) is 0 Å². The summed E-state index contributed by atoms with van der Waals surface area (Å²) < 4.78 is 7.40. The van der Waals surface area contributed by atoms with E-state index >= 15 is 0 Å². The van der Waals surface area contributed by atoms with Crippen molar-refractivity contribution in [3.8, 4) is 0 Å². The van der Waals surface area contributed by atoms with Crippen molar-refractivity contribution in [3.63, 3.8) is 0 Å². The molecule has 1 aliphatic rings. The van der Waals surface area contributed by atoms with Crippen LogP contribution < -0.4 is 5.32 Å². The van der Waals surface area contributed by atoms with Crippen LogP contribution in [0, 0.1) is 0 Å². The van der Waals surface area contributed by atoms with E-state index in [0.717, 1.165) is 6.54 Å². The molecule has 0 aromatic carbocycles. The average molecular weight is 138 g/mol. The maximum absolute atomic E-state index is 5.35. The van der Waals surface area contributed by atoms with Gasteiger partial charge in [-0.05, 0) is 12.1 Å². The standard InChI is InChI=1S/C7H10N2O/c1-2-4-9(3-1)7-5-8-6-10-7/h1-4,7-8H,5-6H2. The first-order chi connectivity index (χ1) is 4.97. The summed E-state index contributed by atoms with van der Waals surface area (Å²) in [6.07, 6.45) is 4.23. The zero-order chi connectivity index (χ0) is 6.81. The minimum Gasteiger partial charge on any atom is -0.342 e. The monoisotopic (exact) mass is 138 g/mol. The van der Waals surface area contributed by atoms with E-state index in [0.29, 0.717) is 6.73 Å². The number of nitrogens with zero attached hydrogens (tertiary/aromatic N) is 1. The van der Waals surface area contributed by atoms with E-state index in [9.17, 15) is 0 Å². The summed E-state index contributed by atoms with van der Waals surface area (Å²) >= 11 is 0. The van der Waals surface area contributed by atoms with Gasteiger partial charge in [-0.3, -0.25) is 5.32 Å². The molecule has 0 spiro atoms. The van der Waals surface area contributed by atoms with Crippen molar-refractivity contribution in [3.05, 3.63) is 24.5 Å². The predicted molar refractivity (Wildman–Crippen MR) is 37.4 cm³/mol. The Morgan fingerprint density at radius 2 is 2.20 bits per heavy atom. The van der Waals surface area contributed by atoms with Gasteiger partial charge in [-0.1, -0.05) is 0 Å². The summed E-state index contributed by atoms with van der Waals surface area (Å²) in [6.45, 7) is 1.58. The van der Waals surface area contributed by atoms with E-state index in [-0.39, 0.29) is 6.23 Å². The van der Waals surface area contributed by atoms with E-state index in [1.54, 1.807) is 0 Å². The van der Waals surface area contributed by atoms with Gasteiger partial charge in [0.2, 0.25) is 0 Å². The predicted octanol–water partition coefficient (Wildman–Crippen LogP) is 0.564. The Balaban J connectivity index is 2.12. The van der Waals surface area contributed by atoms with Crippen LogP contribution >= 0.6 is 0 Å². The molecule has 2 rings (SSSR count). The molecule has 1 saturated heterocycles. The van der Waals surface area contributed by atoms with Crippen LogP contribution in [0.3, 0.4) is 0 Å². The van der Waals surface area contributed by atoms with Gasteiger partial charge in [-0.15, -0.1) is 0 Å². The molecule has 1 atom stereocenters. The number of rotatable bonds is 1. The van der Waals surface area contributed by atoms with Gasteiger partial charge >= 0.3 is 0 Å². The van der Waals surface area contributed by atoms with Crippen LogP contribution in [0.5, 0.6) is 0 Å². The zero-order valence-electron chi connectivity index (χ0n) is 5.66. The second-order valence-electron chi connectivity index (χ2n) is 2.35. The molecule has 1 aromatic rings. The molecule has 10 heavy (non-hydrogen) atoms. The van der Waals surface area contributed by atoms with Crippen molar-refractivity contribution in [2.24, 2.45) is 0 Å². The number of hydrogen-bond donors (Lipinski definition) is 1. The molecule has 1 unspecified atom stereocenters. The summed E-state index contributed by atoms with van der Waals surface area (Å²) in [6, 6.07) is 4.00. The highest BCUT2D eigenvalue weighted by molar-refractivity contribution is 4.92. The van der Waals surface area contributed by atoms with Gasteiger partial charge in [-0.25, -0.2) is 0 Å². The Bertz CT molecular complexity index is 189. The zero-order valence-corrected chi connectivity index (χ0v) is 5.66. The highest BCUT2D eigenvalue weighted by atomic mass is 16.5. The summed E-state index contributed by atoms with van der Waals surface area (Å²) in [7, 11) is 0. The lowest BCUT2D eigenvalue weighted by molar-refractivity contribution is 0.0618. The SMILES string of the molecule is c1ccn(C2CNCO2)c1. The summed E-state index contributed by atoms with van der Waals surface area (Å²) in [5, 5.41) is 3.12. The Hall–Kier alpha value is -0.800. The minimum absolute atomic E-state index is 0.204. The van der Waals surface area contributed by atoms with Crippen LogP contribution in [0.15, 0.2) is 24.5 Å². The van der Waals surface area contributed by atoms with Crippen molar-refractivity contribution >= 4 is 0 Å². The maximum atomic E-state index is 5.35. The third-order valence-electron chi connectivity index (χ3n) is 1.66. The number of ether oxygens (including phenoxy) is 1. The Labute approximate surface area is 59.6 Å². The van der Waals surface area contributed by atoms with Crippen molar-refractivity contribution in [1.82, 2.24) is 9.88 Å². The molecular formula is C7H10N2O. The topological polar surface area (TPSA) is 26.2 Å². The van der Waals surface area contributed by atoms with Gasteiger partial charge in [0.1, 0.15) is 6.23 Å². The summed E-state index contributed by atoms with van der Waals surface area (Å²) in [4.78, 5) is 0. The fraction of sp³-hybridized carbons (Fsp3) is 0.429. The third-order valence-corrected chi connectivity index (χ3v) is 1.66. The molecule has 0 saturated carbocycles. The maximum Gasteiger partial charge on any atom is 0.147 e. The molecule has 1 N–H and O–H groups in total. The molecular weight excluding hydrogens is 128 g/mol. The van der Waals surface area contributed by atoms with Gasteiger partial charge in [0.25, 0.3) is 0 Å². The highest BCUT2D eigenvalue weighted by Gasteiger charge is 2.14. The molecule has 0 aliphatic carbocycles. The Morgan fingerprint density at radius 3 is 2.80 bits per heavy atom. The molecule has 3 heteroatoms. The van der Waals surface area contributed by atoms with Crippen molar-refractivity contribution in [2.45, 2.75) is 6.23 Å². The Kier molecular flexibility index (Phi) is 1.45. The average Bonchev–Trinajstić information content (AvgIpc) is 2.59. The normalized spacial score (nSPS) is 25.4. The smallest absolute Gasteiger partial charge is 0.147 e. The quantitative estimate of drug-likeness (QED) is 0.613. The highest BCUT2D eigenvalue weighted by Crippen LogP contribution is 2.10. The minimum atomic E-state index is 0.204. The summed E-state index contributed by atoms with van der Waals surface area (Å²) in [5.74, 6) is 0. The van der Waals surface area contributed by atoms with E-state index in [1.807, 2.05) is 24.5 Å². The number of hydrogen-bond acceptors (Lipinski definition) is 2. The molecule has 54 valence electrons. The van der Waals surface area contributed by atoms with Crippen molar-refractivity contribution in [2.75, 3.05) is 13.3 Å². The number of aromatic nitrogens is 1. The lowest BCUT2D eigenvalue weighted by Gasteiger charge is -2.08. The third kappa shape index (κ3) is 0.936. The second-order valence-corrected chi connectivity index (χ2v) is 2.35. The van der Waals surface area contributed by atoms with Gasteiger partial charge in [0.15, 0.2) is 0 Å². The molecule has 2 heterocycles. The van der Waals surface area contributed by atoms with E-state index in [1.165, 1.54) is 0 Å². The largest absolute Gasteiger partial charge is 0.342 e. The first-order valence-electron chi connectivity index (χ1n) is 3.41. The van der Waals surface area contributed by atoms with Gasteiger partial charge in [0, 0.05) is 18.9 Å². The molecule has 0 amide bonds. The number of nitrogens with one attached hydrogen (secondary N) is 1. The first-order valence-corrected chi connectivity index (χ1v) is 3.41.